The lowest BCUT2D eigenvalue weighted by atomic mass is 10.2. The molecule has 0 atom stereocenters. The molecule has 0 aliphatic carbocycles. The molecule has 0 heterocycles. The highest BCUT2D eigenvalue weighted by Crippen LogP contribution is 2.33. The van der Waals surface area contributed by atoms with Crippen LogP contribution in [0.5, 0.6) is 5.75 Å². The lowest BCUT2D eigenvalue weighted by molar-refractivity contribution is -0.139. The van der Waals surface area contributed by atoms with Gasteiger partial charge in [0.25, 0.3) is 0 Å². The number of hydrazone groups is 1. The maximum atomic E-state index is 11.4. The first-order valence-electron chi connectivity index (χ1n) is 7.22. The zero-order valence-electron chi connectivity index (χ0n) is 13.0. The van der Waals surface area contributed by atoms with Crippen molar-refractivity contribution < 1.29 is 14.3 Å². The summed E-state index contributed by atoms with van der Waals surface area (Å²) in [5.41, 5.74) is 2.70. The Morgan fingerprint density at radius 3 is 2.39 bits per heavy atom. The van der Waals surface area contributed by atoms with E-state index in [1.807, 2.05) is 13.8 Å². The molecule has 8 heteroatoms. The van der Waals surface area contributed by atoms with Crippen molar-refractivity contribution in [2.75, 3.05) is 13.2 Å². The Morgan fingerprint density at radius 1 is 1.17 bits per heavy atom. The molecule has 0 spiro atoms. The Labute approximate surface area is 145 Å². The van der Waals surface area contributed by atoms with Crippen LogP contribution in [-0.2, 0) is 9.59 Å². The average molecular weight is 360 g/mol. The molecule has 2 N–H and O–H groups in total. The topological polar surface area (TPSA) is 79.8 Å². The van der Waals surface area contributed by atoms with Crippen molar-refractivity contribution in [2.24, 2.45) is 5.10 Å². The van der Waals surface area contributed by atoms with Crippen LogP contribution in [0.2, 0.25) is 10.0 Å². The molecule has 23 heavy (non-hydrogen) atoms. The van der Waals surface area contributed by atoms with E-state index < -0.39 is 11.8 Å². The molecule has 0 aliphatic heterocycles. The first kappa shape index (κ1) is 19.3. The minimum absolute atomic E-state index is 0.347. The van der Waals surface area contributed by atoms with E-state index in [-0.39, 0.29) is 0 Å². The van der Waals surface area contributed by atoms with Gasteiger partial charge in [0.2, 0.25) is 0 Å². The zero-order valence-corrected chi connectivity index (χ0v) is 14.5. The number of carbonyl (C=O) groups excluding carboxylic acids is 2. The summed E-state index contributed by atoms with van der Waals surface area (Å²) in [4.78, 5) is 22.8. The minimum atomic E-state index is -0.838. The van der Waals surface area contributed by atoms with Crippen LogP contribution in [0.4, 0.5) is 0 Å². The number of ether oxygens (including phenoxy) is 1. The summed E-state index contributed by atoms with van der Waals surface area (Å²) in [6.07, 6.45) is 2.92. The van der Waals surface area contributed by atoms with E-state index in [2.05, 4.69) is 15.8 Å². The molecule has 0 fully saturated rings. The molecule has 0 aromatic heterocycles. The second kappa shape index (κ2) is 10.1. The third-order valence-electron chi connectivity index (χ3n) is 2.59. The fourth-order valence-electron chi connectivity index (χ4n) is 1.53. The summed E-state index contributed by atoms with van der Waals surface area (Å²) in [5.74, 6) is -1.16. The van der Waals surface area contributed by atoms with E-state index in [9.17, 15) is 9.59 Å². The molecule has 2 amide bonds. The Bertz CT molecular complexity index is 568. The minimum Gasteiger partial charge on any atom is -0.490 e. The van der Waals surface area contributed by atoms with Crippen LogP contribution in [0.25, 0.3) is 0 Å². The third-order valence-corrected chi connectivity index (χ3v) is 3.15. The van der Waals surface area contributed by atoms with Gasteiger partial charge in [-0.3, -0.25) is 9.59 Å². The number of amides is 2. The second-order valence-electron chi connectivity index (χ2n) is 4.62. The molecule has 0 radical (unpaired) electrons. The van der Waals surface area contributed by atoms with Gasteiger partial charge in [0.05, 0.1) is 22.9 Å². The third kappa shape index (κ3) is 6.46. The molecule has 126 valence electrons. The molecular weight excluding hydrogens is 341 g/mol. The van der Waals surface area contributed by atoms with E-state index >= 15 is 0 Å². The summed E-state index contributed by atoms with van der Waals surface area (Å²) in [6, 6.07) is 3.20. The number of nitrogens with one attached hydrogen (secondary N) is 2. The Kier molecular flexibility index (Phi) is 8.43. The highest BCUT2D eigenvalue weighted by atomic mass is 35.5. The summed E-state index contributed by atoms with van der Waals surface area (Å²) >= 11 is 12.2. The van der Waals surface area contributed by atoms with E-state index in [4.69, 9.17) is 27.9 Å². The fraction of sp³-hybridized carbons (Fsp3) is 0.400. The molecule has 1 aromatic rings. The first-order valence-corrected chi connectivity index (χ1v) is 7.98. The highest BCUT2D eigenvalue weighted by Gasteiger charge is 2.11. The van der Waals surface area contributed by atoms with Gasteiger partial charge in [-0.25, -0.2) is 5.43 Å². The van der Waals surface area contributed by atoms with Crippen LogP contribution in [0.15, 0.2) is 17.2 Å². The van der Waals surface area contributed by atoms with Crippen molar-refractivity contribution in [1.82, 2.24) is 10.7 Å². The van der Waals surface area contributed by atoms with Gasteiger partial charge in [-0.2, -0.15) is 5.10 Å². The molecule has 0 bridgehead atoms. The largest absolute Gasteiger partial charge is 0.490 e. The van der Waals surface area contributed by atoms with Gasteiger partial charge < -0.3 is 10.1 Å². The molecular formula is C15H19Cl2N3O3. The molecule has 0 aliphatic rings. The number of hydrogen-bond acceptors (Lipinski definition) is 4. The van der Waals surface area contributed by atoms with Crippen LogP contribution in [0.1, 0.15) is 32.3 Å². The Balaban J connectivity index is 2.67. The monoisotopic (exact) mass is 359 g/mol. The molecule has 6 nitrogen and oxygen atoms in total. The van der Waals surface area contributed by atoms with Crippen molar-refractivity contribution in [3.8, 4) is 5.75 Å². The Hall–Kier alpha value is -1.79. The smallest absolute Gasteiger partial charge is 0.329 e. The number of hydrogen-bond donors (Lipinski definition) is 2. The number of benzene rings is 1. The van der Waals surface area contributed by atoms with Crippen LogP contribution in [0, 0.1) is 0 Å². The predicted octanol–water partition coefficient (Wildman–Crippen LogP) is 2.76. The SMILES string of the molecule is CCCNC(=O)C(=O)N/N=C\c1cc(Cl)c(OCCC)c(Cl)c1. The normalized spacial score (nSPS) is 10.6. The van der Waals surface area contributed by atoms with Gasteiger partial charge in [-0.15, -0.1) is 0 Å². The second-order valence-corrected chi connectivity index (χ2v) is 5.43. The molecule has 1 aromatic carbocycles. The van der Waals surface area contributed by atoms with E-state index in [1.54, 1.807) is 12.1 Å². The van der Waals surface area contributed by atoms with Gasteiger partial charge in [-0.05, 0) is 30.5 Å². The van der Waals surface area contributed by atoms with Gasteiger partial charge in [0.1, 0.15) is 0 Å². The van der Waals surface area contributed by atoms with Crippen LogP contribution in [0.3, 0.4) is 0 Å². The number of carbonyl (C=O) groups is 2. The molecule has 1 rings (SSSR count). The maximum absolute atomic E-state index is 11.4. The van der Waals surface area contributed by atoms with Crippen molar-refractivity contribution in [3.63, 3.8) is 0 Å². The number of nitrogens with zero attached hydrogens (tertiary/aromatic N) is 1. The van der Waals surface area contributed by atoms with Crippen LogP contribution < -0.4 is 15.5 Å². The van der Waals surface area contributed by atoms with Gasteiger partial charge >= 0.3 is 11.8 Å². The van der Waals surface area contributed by atoms with E-state index in [1.165, 1.54) is 6.21 Å². The summed E-state index contributed by atoms with van der Waals surface area (Å²) in [7, 11) is 0. The zero-order chi connectivity index (χ0) is 17.2. The van der Waals surface area contributed by atoms with E-state index in [0.717, 1.165) is 12.8 Å². The fourth-order valence-corrected chi connectivity index (χ4v) is 2.14. The molecule has 0 saturated heterocycles. The van der Waals surface area contributed by atoms with Gasteiger partial charge in [0.15, 0.2) is 5.75 Å². The van der Waals surface area contributed by atoms with Gasteiger partial charge in [-0.1, -0.05) is 37.0 Å². The maximum Gasteiger partial charge on any atom is 0.329 e. The standard InChI is InChI=1S/C15H19Cl2N3O3/c1-3-5-18-14(21)15(22)20-19-9-10-7-11(16)13(12(17)8-10)23-6-4-2/h7-9H,3-6H2,1-2H3,(H,18,21)(H,20,22)/b19-9-. The average Bonchev–Trinajstić information content (AvgIpc) is 2.51. The van der Waals surface area contributed by atoms with Crippen molar-refractivity contribution in [2.45, 2.75) is 26.7 Å². The van der Waals surface area contributed by atoms with Crippen molar-refractivity contribution >= 4 is 41.2 Å². The summed E-state index contributed by atoms with van der Waals surface area (Å²) in [6.45, 7) is 4.80. The highest BCUT2D eigenvalue weighted by molar-refractivity contribution is 6.37. The van der Waals surface area contributed by atoms with Crippen molar-refractivity contribution in [1.29, 1.82) is 0 Å². The molecule has 0 saturated carbocycles. The summed E-state index contributed by atoms with van der Waals surface area (Å²) < 4.78 is 5.45. The first-order chi connectivity index (χ1) is 11.0. The lowest BCUT2D eigenvalue weighted by Crippen LogP contribution is -2.38. The number of rotatable bonds is 7. The summed E-state index contributed by atoms with van der Waals surface area (Å²) in [5, 5.41) is 6.84. The van der Waals surface area contributed by atoms with Crippen LogP contribution in [-0.4, -0.2) is 31.2 Å². The Morgan fingerprint density at radius 2 is 1.83 bits per heavy atom. The quantitative estimate of drug-likeness (QED) is 0.446. The lowest BCUT2D eigenvalue weighted by Gasteiger charge is -2.09. The van der Waals surface area contributed by atoms with Crippen molar-refractivity contribution in [3.05, 3.63) is 27.7 Å². The number of halogens is 2. The van der Waals surface area contributed by atoms with E-state index in [0.29, 0.717) is 34.5 Å². The van der Waals surface area contributed by atoms with Crippen LogP contribution >= 0.6 is 23.2 Å². The van der Waals surface area contributed by atoms with Gasteiger partial charge in [0, 0.05) is 6.54 Å². The molecule has 0 unspecified atom stereocenters. The predicted molar refractivity (Wildman–Crippen MR) is 91.3 cm³/mol.